The molecule has 0 saturated carbocycles. The SMILES string of the molecule is CC(=O)OC(C)CC1Nc2ccccc2C(c2ccccc2)(c2ccccc2)O1. The molecule has 4 nitrogen and oxygen atoms in total. The van der Waals surface area contributed by atoms with Crippen LogP contribution in [0.25, 0.3) is 0 Å². The molecule has 0 amide bonds. The summed E-state index contributed by atoms with van der Waals surface area (Å²) < 4.78 is 12.2. The molecule has 0 aliphatic carbocycles. The van der Waals surface area contributed by atoms with Crippen LogP contribution in [0.15, 0.2) is 84.9 Å². The van der Waals surface area contributed by atoms with Crippen molar-refractivity contribution in [2.24, 2.45) is 0 Å². The second-order valence-electron chi connectivity index (χ2n) is 7.37. The fourth-order valence-electron chi connectivity index (χ4n) is 4.10. The Morgan fingerprint density at radius 1 is 0.966 bits per heavy atom. The number of para-hydroxylation sites is 1. The van der Waals surface area contributed by atoms with Crippen LogP contribution in [0.4, 0.5) is 5.69 Å². The molecule has 0 fully saturated rings. The highest BCUT2D eigenvalue weighted by atomic mass is 16.6. The van der Waals surface area contributed by atoms with Gasteiger partial charge in [0.1, 0.15) is 17.9 Å². The molecular formula is C25H25NO3. The van der Waals surface area contributed by atoms with Gasteiger partial charge in [0.15, 0.2) is 0 Å². The second-order valence-corrected chi connectivity index (χ2v) is 7.37. The largest absolute Gasteiger partial charge is 0.463 e. The molecule has 148 valence electrons. The van der Waals surface area contributed by atoms with Gasteiger partial charge in [0.25, 0.3) is 0 Å². The van der Waals surface area contributed by atoms with Gasteiger partial charge in [-0.2, -0.15) is 0 Å². The number of fused-ring (bicyclic) bond motifs is 1. The van der Waals surface area contributed by atoms with Gasteiger partial charge in [-0.25, -0.2) is 0 Å². The summed E-state index contributed by atoms with van der Waals surface area (Å²) in [7, 11) is 0. The summed E-state index contributed by atoms with van der Waals surface area (Å²) in [6.07, 6.45) is -0.0471. The highest BCUT2D eigenvalue weighted by molar-refractivity contribution is 5.66. The first-order valence-corrected chi connectivity index (χ1v) is 9.92. The molecule has 2 atom stereocenters. The van der Waals surface area contributed by atoms with Crippen LogP contribution in [0.1, 0.15) is 37.0 Å². The van der Waals surface area contributed by atoms with E-state index in [9.17, 15) is 4.79 Å². The molecule has 2 unspecified atom stereocenters. The summed E-state index contributed by atoms with van der Waals surface area (Å²) >= 11 is 0. The molecule has 0 radical (unpaired) electrons. The average Bonchev–Trinajstić information content (AvgIpc) is 2.73. The van der Waals surface area contributed by atoms with E-state index in [-0.39, 0.29) is 18.3 Å². The van der Waals surface area contributed by atoms with Gasteiger partial charge in [0.2, 0.25) is 0 Å². The van der Waals surface area contributed by atoms with Gasteiger partial charge in [0.05, 0.1) is 0 Å². The Hall–Kier alpha value is -3.11. The van der Waals surface area contributed by atoms with E-state index in [4.69, 9.17) is 9.47 Å². The third kappa shape index (κ3) is 3.76. The molecule has 3 aromatic carbocycles. The fraction of sp³-hybridized carbons (Fsp3) is 0.240. The van der Waals surface area contributed by atoms with Gasteiger partial charge in [0, 0.05) is 24.6 Å². The van der Waals surface area contributed by atoms with E-state index < -0.39 is 5.60 Å². The van der Waals surface area contributed by atoms with Gasteiger partial charge >= 0.3 is 5.97 Å². The number of nitrogens with one attached hydrogen (secondary N) is 1. The molecule has 1 heterocycles. The molecule has 1 N–H and O–H groups in total. The summed E-state index contributed by atoms with van der Waals surface area (Å²) in [5.41, 5.74) is 3.45. The van der Waals surface area contributed by atoms with Crippen molar-refractivity contribution in [3.8, 4) is 0 Å². The average molecular weight is 387 g/mol. The maximum atomic E-state index is 11.4. The molecule has 29 heavy (non-hydrogen) atoms. The number of rotatable bonds is 5. The van der Waals surface area contributed by atoms with Crippen molar-refractivity contribution < 1.29 is 14.3 Å². The Balaban J connectivity index is 1.85. The van der Waals surface area contributed by atoms with E-state index in [0.29, 0.717) is 6.42 Å². The number of esters is 1. The van der Waals surface area contributed by atoms with Crippen molar-refractivity contribution >= 4 is 11.7 Å². The summed E-state index contributed by atoms with van der Waals surface area (Å²) in [6.45, 7) is 3.32. The maximum absolute atomic E-state index is 11.4. The summed E-state index contributed by atoms with van der Waals surface area (Å²) in [5, 5.41) is 3.48. The fourth-order valence-corrected chi connectivity index (χ4v) is 4.10. The van der Waals surface area contributed by atoms with Crippen LogP contribution >= 0.6 is 0 Å². The minimum absolute atomic E-state index is 0.264. The zero-order valence-electron chi connectivity index (χ0n) is 16.7. The van der Waals surface area contributed by atoms with Crippen LogP contribution in [0.5, 0.6) is 0 Å². The zero-order chi connectivity index (χ0) is 20.3. The molecule has 0 spiro atoms. The number of anilines is 1. The lowest BCUT2D eigenvalue weighted by molar-refractivity contribution is -0.148. The predicted molar refractivity (Wildman–Crippen MR) is 114 cm³/mol. The Kier molecular flexibility index (Phi) is 5.36. The standard InChI is InChI=1S/C25H25NO3/c1-18(28-19(2)27)17-24-26-23-16-10-9-15-22(23)25(29-24,20-11-5-3-6-12-20)21-13-7-4-8-14-21/h3-16,18,24,26H,17H2,1-2H3. The Morgan fingerprint density at radius 3 is 2.10 bits per heavy atom. The Labute approximate surface area is 171 Å². The highest BCUT2D eigenvalue weighted by Gasteiger charge is 2.44. The first kappa shape index (κ1) is 19.2. The molecule has 4 heteroatoms. The first-order valence-electron chi connectivity index (χ1n) is 9.92. The van der Waals surface area contributed by atoms with Crippen LogP contribution in [-0.2, 0) is 19.9 Å². The number of carbonyl (C=O) groups excluding carboxylic acids is 1. The van der Waals surface area contributed by atoms with Gasteiger partial charge in [-0.05, 0) is 24.1 Å². The Bertz CT molecular complexity index is 932. The van der Waals surface area contributed by atoms with Crippen molar-refractivity contribution in [3.63, 3.8) is 0 Å². The van der Waals surface area contributed by atoms with Crippen molar-refractivity contribution in [1.82, 2.24) is 0 Å². The minimum Gasteiger partial charge on any atom is -0.463 e. The normalized spacial score (nSPS) is 18.2. The van der Waals surface area contributed by atoms with E-state index in [1.54, 1.807) is 0 Å². The molecule has 4 rings (SSSR count). The number of benzene rings is 3. The van der Waals surface area contributed by atoms with Crippen molar-refractivity contribution in [2.75, 3.05) is 5.32 Å². The molecule has 3 aromatic rings. The summed E-state index contributed by atoms with van der Waals surface area (Å²) in [6, 6.07) is 28.8. The zero-order valence-corrected chi connectivity index (χ0v) is 16.7. The van der Waals surface area contributed by atoms with Crippen molar-refractivity contribution in [3.05, 3.63) is 102 Å². The van der Waals surface area contributed by atoms with Gasteiger partial charge < -0.3 is 14.8 Å². The van der Waals surface area contributed by atoms with Gasteiger partial charge in [-0.3, -0.25) is 4.79 Å². The summed E-state index contributed by atoms with van der Waals surface area (Å²) in [4.78, 5) is 11.4. The second kappa shape index (κ2) is 8.10. The third-order valence-electron chi connectivity index (χ3n) is 5.22. The third-order valence-corrected chi connectivity index (χ3v) is 5.22. The first-order chi connectivity index (χ1) is 14.1. The van der Waals surface area contributed by atoms with E-state index in [2.05, 4.69) is 41.7 Å². The van der Waals surface area contributed by atoms with Crippen molar-refractivity contribution in [1.29, 1.82) is 0 Å². The van der Waals surface area contributed by atoms with Gasteiger partial charge in [-0.15, -0.1) is 0 Å². The molecular weight excluding hydrogens is 362 g/mol. The number of hydrogen-bond acceptors (Lipinski definition) is 4. The van der Waals surface area contributed by atoms with E-state index in [0.717, 1.165) is 22.4 Å². The topological polar surface area (TPSA) is 47.6 Å². The smallest absolute Gasteiger partial charge is 0.302 e. The quantitative estimate of drug-likeness (QED) is 0.620. The van der Waals surface area contributed by atoms with E-state index >= 15 is 0 Å². The van der Waals surface area contributed by atoms with E-state index in [1.165, 1.54) is 6.92 Å². The molecule has 0 saturated heterocycles. The lowest BCUT2D eigenvalue weighted by atomic mass is 9.78. The van der Waals surface area contributed by atoms with Crippen LogP contribution in [0, 0.1) is 0 Å². The van der Waals surface area contributed by atoms with Crippen LogP contribution in [0.3, 0.4) is 0 Å². The van der Waals surface area contributed by atoms with Crippen LogP contribution < -0.4 is 5.32 Å². The molecule has 0 bridgehead atoms. The number of hydrogen-bond donors (Lipinski definition) is 1. The molecule has 0 aromatic heterocycles. The van der Waals surface area contributed by atoms with Crippen LogP contribution in [0.2, 0.25) is 0 Å². The van der Waals surface area contributed by atoms with E-state index in [1.807, 2.05) is 55.5 Å². The molecule has 1 aliphatic rings. The van der Waals surface area contributed by atoms with Crippen LogP contribution in [-0.4, -0.2) is 18.3 Å². The van der Waals surface area contributed by atoms with Crippen molar-refractivity contribution in [2.45, 2.75) is 38.2 Å². The highest BCUT2D eigenvalue weighted by Crippen LogP contribution is 2.47. The monoisotopic (exact) mass is 387 g/mol. The lowest BCUT2D eigenvalue weighted by Gasteiger charge is -2.44. The maximum Gasteiger partial charge on any atom is 0.302 e. The lowest BCUT2D eigenvalue weighted by Crippen LogP contribution is -2.45. The van der Waals surface area contributed by atoms with Gasteiger partial charge in [-0.1, -0.05) is 78.9 Å². The molecule has 1 aliphatic heterocycles. The number of ether oxygens (including phenoxy) is 2. The summed E-state index contributed by atoms with van der Waals surface area (Å²) in [5.74, 6) is -0.286. The minimum atomic E-state index is -0.759. The Morgan fingerprint density at radius 2 is 1.52 bits per heavy atom. The predicted octanol–water partition coefficient (Wildman–Crippen LogP) is 5.09. The number of carbonyl (C=O) groups is 1.